The maximum absolute atomic E-state index is 14.0. The van der Waals surface area contributed by atoms with Gasteiger partial charge in [0.05, 0.1) is 19.6 Å². The van der Waals surface area contributed by atoms with Crippen LogP contribution in [0, 0.1) is 11.8 Å². The summed E-state index contributed by atoms with van der Waals surface area (Å²) in [6, 6.07) is 36.0. The molecule has 0 spiro atoms. The second kappa shape index (κ2) is 11.5. The number of ether oxygens (including phenoxy) is 1. The van der Waals surface area contributed by atoms with Gasteiger partial charge in [-0.25, -0.2) is 0 Å². The molecule has 4 atom stereocenters. The van der Waals surface area contributed by atoms with Crippen LogP contribution >= 0.6 is 0 Å². The van der Waals surface area contributed by atoms with E-state index in [9.17, 15) is 15.0 Å². The van der Waals surface area contributed by atoms with Crippen molar-refractivity contribution in [3.63, 3.8) is 0 Å². The molecule has 2 N–H and O–H groups in total. The van der Waals surface area contributed by atoms with E-state index in [1.54, 1.807) is 7.11 Å². The van der Waals surface area contributed by atoms with Crippen LogP contribution in [-0.2, 0) is 22.2 Å². The van der Waals surface area contributed by atoms with Gasteiger partial charge in [0.15, 0.2) is 0 Å². The Hall–Kier alpha value is -4.13. The maximum Gasteiger partial charge on any atom is 0.227 e. The van der Waals surface area contributed by atoms with Crippen LogP contribution in [0.3, 0.4) is 0 Å². The zero-order chi connectivity index (χ0) is 30.2. The van der Waals surface area contributed by atoms with Crippen molar-refractivity contribution in [3.8, 4) is 5.75 Å². The Bertz CT molecular complexity index is 1520. The molecule has 43 heavy (non-hydrogen) atoms. The normalized spacial score (nSPS) is 24.3. The molecule has 4 aromatic rings. The van der Waals surface area contributed by atoms with E-state index in [0.29, 0.717) is 30.8 Å². The van der Waals surface area contributed by atoms with Crippen molar-refractivity contribution in [2.75, 3.05) is 39.2 Å². The lowest BCUT2D eigenvalue weighted by molar-refractivity contribution is -0.168. The van der Waals surface area contributed by atoms with Gasteiger partial charge in [0.25, 0.3) is 0 Å². The number of para-hydroxylation sites is 1. The molecule has 1 aliphatic heterocycles. The maximum atomic E-state index is 14.0. The lowest BCUT2D eigenvalue weighted by Gasteiger charge is -2.55. The number of anilines is 1. The lowest BCUT2D eigenvalue weighted by Crippen LogP contribution is -2.60. The largest absolute Gasteiger partial charge is 0.496 e. The lowest BCUT2D eigenvalue weighted by atomic mass is 9.51. The summed E-state index contributed by atoms with van der Waals surface area (Å²) in [5.41, 5.74) is 2.49. The second-order valence-electron chi connectivity index (χ2n) is 12.2. The molecule has 222 valence electrons. The highest BCUT2D eigenvalue weighted by Gasteiger charge is 2.64. The van der Waals surface area contributed by atoms with Gasteiger partial charge in [0, 0.05) is 49.8 Å². The first-order valence-corrected chi connectivity index (χ1v) is 15.0. The molecule has 0 radical (unpaired) electrons. The smallest absolute Gasteiger partial charge is 0.227 e. The van der Waals surface area contributed by atoms with Crippen LogP contribution in [0.5, 0.6) is 5.75 Å². The SMILES string of the molecule is COc1ccccc1C1(O)C(O)CC(c2ccccc2)(c2ccccc2)C2CN(C(=O)Cc3ccc(N(C)C)cc3)CC21. The van der Waals surface area contributed by atoms with E-state index in [2.05, 4.69) is 24.3 Å². The standard InChI is InChI=1S/C37H40N2O4/c1-38(2)29-20-18-26(19-21-29)22-35(41)39-24-31-32(25-39)37(42,30-16-10-11-17-33(30)43-3)34(40)23-36(31,27-12-6-4-7-13-27)28-14-8-5-9-15-28/h4-21,31-32,34,40,42H,22-25H2,1-3H3. The monoisotopic (exact) mass is 576 g/mol. The summed E-state index contributed by atoms with van der Waals surface area (Å²) >= 11 is 0. The molecular weight excluding hydrogens is 536 g/mol. The molecule has 4 aromatic carbocycles. The molecule has 0 bridgehead atoms. The molecule has 1 amide bonds. The number of fused-ring (bicyclic) bond motifs is 1. The first-order valence-electron chi connectivity index (χ1n) is 15.0. The predicted molar refractivity (Wildman–Crippen MR) is 169 cm³/mol. The quantitative estimate of drug-likeness (QED) is 0.323. The highest BCUT2D eigenvalue weighted by molar-refractivity contribution is 5.79. The van der Waals surface area contributed by atoms with E-state index in [4.69, 9.17) is 4.74 Å². The molecule has 1 aliphatic carbocycles. The molecule has 6 rings (SSSR count). The number of hydrogen-bond acceptors (Lipinski definition) is 5. The van der Waals surface area contributed by atoms with Gasteiger partial charge in [-0.15, -0.1) is 0 Å². The number of rotatable bonds is 7. The predicted octanol–water partition coefficient (Wildman–Crippen LogP) is 5.02. The van der Waals surface area contributed by atoms with E-state index in [1.165, 1.54) is 0 Å². The Kier molecular flexibility index (Phi) is 7.75. The fourth-order valence-corrected chi connectivity index (χ4v) is 7.67. The number of carbonyl (C=O) groups excluding carboxylic acids is 1. The Balaban J connectivity index is 1.46. The summed E-state index contributed by atoms with van der Waals surface area (Å²) in [6.45, 7) is 0.791. The van der Waals surface area contributed by atoms with Gasteiger partial charge in [-0.1, -0.05) is 91.0 Å². The van der Waals surface area contributed by atoms with Crippen LogP contribution in [0.2, 0.25) is 0 Å². The van der Waals surface area contributed by atoms with E-state index in [-0.39, 0.29) is 18.2 Å². The first kappa shape index (κ1) is 29.0. The molecule has 6 heteroatoms. The van der Waals surface area contributed by atoms with E-state index >= 15 is 0 Å². The van der Waals surface area contributed by atoms with Crippen LogP contribution in [0.4, 0.5) is 5.69 Å². The van der Waals surface area contributed by atoms with E-state index in [0.717, 1.165) is 22.4 Å². The van der Waals surface area contributed by atoms with Crippen LogP contribution in [-0.4, -0.2) is 61.4 Å². The highest BCUT2D eigenvalue weighted by atomic mass is 16.5. The van der Waals surface area contributed by atoms with Crippen LogP contribution in [0.25, 0.3) is 0 Å². The molecule has 1 saturated heterocycles. The van der Waals surface area contributed by atoms with Gasteiger partial charge < -0.3 is 24.7 Å². The number of aliphatic hydroxyl groups excluding tert-OH is 1. The van der Waals surface area contributed by atoms with Gasteiger partial charge in [-0.05, 0) is 47.2 Å². The number of likely N-dealkylation sites (tertiary alicyclic amines) is 1. The number of hydrogen-bond donors (Lipinski definition) is 2. The number of benzene rings is 4. The van der Waals surface area contributed by atoms with Gasteiger partial charge >= 0.3 is 0 Å². The highest BCUT2D eigenvalue weighted by Crippen LogP contribution is 2.60. The Morgan fingerprint density at radius 1 is 0.837 bits per heavy atom. The summed E-state index contributed by atoms with van der Waals surface area (Å²) in [6.07, 6.45) is -0.545. The third-order valence-corrected chi connectivity index (χ3v) is 9.82. The minimum atomic E-state index is -1.62. The van der Waals surface area contributed by atoms with Crippen LogP contribution in [0.15, 0.2) is 109 Å². The van der Waals surface area contributed by atoms with E-state index < -0.39 is 23.0 Å². The molecule has 4 unspecified atom stereocenters. The first-order chi connectivity index (χ1) is 20.8. The van der Waals surface area contributed by atoms with Crippen molar-refractivity contribution >= 4 is 11.6 Å². The fourth-order valence-electron chi connectivity index (χ4n) is 7.67. The summed E-state index contributed by atoms with van der Waals surface area (Å²) in [7, 11) is 5.57. The molecule has 6 nitrogen and oxygen atoms in total. The number of methoxy groups -OCH3 is 1. The molecular formula is C37H40N2O4. The molecule has 0 aromatic heterocycles. The molecule has 1 heterocycles. The average molecular weight is 577 g/mol. The fraction of sp³-hybridized carbons (Fsp3) is 0.324. The number of amides is 1. The number of aliphatic hydroxyl groups is 2. The van der Waals surface area contributed by atoms with Crippen molar-refractivity contribution in [1.82, 2.24) is 4.90 Å². The molecule has 2 aliphatic rings. The summed E-state index contributed by atoms with van der Waals surface area (Å²) in [5.74, 6) is -0.0805. The van der Waals surface area contributed by atoms with Crippen molar-refractivity contribution in [2.45, 2.75) is 30.0 Å². The van der Waals surface area contributed by atoms with Gasteiger partial charge in [-0.2, -0.15) is 0 Å². The van der Waals surface area contributed by atoms with Crippen LogP contribution < -0.4 is 9.64 Å². The average Bonchev–Trinajstić information content (AvgIpc) is 3.51. The van der Waals surface area contributed by atoms with Gasteiger partial charge in [0.2, 0.25) is 5.91 Å². The zero-order valence-electron chi connectivity index (χ0n) is 25.1. The third kappa shape index (κ3) is 4.89. The second-order valence-corrected chi connectivity index (χ2v) is 12.2. The Labute approximate surface area is 254 Å². The van der Waals surface area contributed by atoms with Gasteiger partial charge in [0.1, 0.15) is 11.4 Å². The number of carbonyl (C=O) groups is 1. The van der Waals surface area contributed by atoms with Crippen molar-refractivity contribution in [1.29, 1.82) is 0 Å². The van der Waals surface area contributed by atoms with Crippen molar-refractivity contribution < 1.29 is 19.7 Å². The third-order valence-electron chi connectivity index (χ3n) is 9.82. The topological polar surface area (TPSA) is 73.2 Å². The Morgan fingerprint density at radius 2 is 1.40 bits per heavy atom. The molecule has 2 fully saturated rings. The van der Waals surface area contributed by atoms with Crippen molar-refractivity contribution in [3.05, 3.63) is 131 Å². The zero-order valence-corrected chi connectivity index (χ0v) is 25.1. The minimum Gasteiger partial charge on any atom is -0.496 e. The van der Waals surface area contributed by atoms with Crippen molar-refractivity contribution in [2.24, 2.45) is 11.8 Å². The van der Waals surface area contributed by atoms with Gasteiger partial charge in [-0.3, -0.25) is 4.79 Å². The summed E-state index contributed by atoms with van der Waals surface area (Å²) < 4.78 is 5.71. The van der Waals surface area contributed by atoms with Crippen LogP contribution in [0.1, 0.15) is 28.7 Å². The van der Waals surface area contributed by atoms with E-state index in [1.807, 2.05) is 109 Å². The number of nitrogens with zero attached hydrogens (tertiary/aromatic N) is 2. The Morgan fingerprint density at radius 3 is 1.98 bits per heavy atom. The summed E-state index contributed by atoms with van der Waals surface area (Å²) in [4.78, 5) is 17.9. The minimum absolute atomic E-state index is 0.0129. The molecule has 1 saturated carbocycles. The summed E-state index contributed by atoms with van der Waals surface area (Å²) in [5, 5.41) is 24.8.